The minimum absolute atomic E-state index is 0.0979. The summed E-state index contributed by atoms with van der Waals surface area (Å²) in [5.74, 6) is -1.11. The highest BCUT2D eigenvalue weighted by molar-refractivity contribution is 9.10. The van der Waals surface area contributed by atoms with Crippen molar-refractivity contribution in [3.8, 4) is 0 Å². The Kier molecular flexibility index (Phi) is 2.31. The molecule has 0 saturated carbocycles. The quantitative estimate of drug-likeness (QED) is 0.751. The summed E-state index contributed by atoms with van der Waals surface area (Å²) in [7, 11) is 0. The number of aryl methyl sites for hydroxylation is 1. The lowest BCUT2D eigenvalue weighted by Gasteiger charge is -2.00. The third-order valence-electron chi connectivity index (χ3n) is 2.27. The fraction of sp³-hybridized carbons (Fsp3) is 0.200. The first-order valence-corrected chi connectivity index (χ1v) is 5.08. The first-order chi connectivity index (χ1) is 6.65. The zero-order valence-electron chi connectivity index (χ0n) is 7.50. The van der Waals surface area contributed by atoms with E-state index in [1.807, 2.05) is 6.92 Å². The molecule has 0 saturated heterocycles. The molecule has 0 aliphatic heterocycles. The van der Waals surface area contributed by atoms with Gasteiger partial charge in [-0.1, -0.05) is 6.92 Å². The molecule has 1 N–H and O–H groups in total. The summed E-state index contributed by atoms with van der Waals surface area (Å²) in [6, 6.07) is 1.29. The second-order valence-corrected chi connectivity index (χ2v) is 3.87. The molecule has 0 radical (unpaired) electrons. The van der Waals surface area contributed by atoms with E-state index in [4.69, 9.17) is 0 Å². The van der Waals surface area contributed by atoms with E-state index in [0.29, 0.717) is 10.9 Å². The molecule has 1 nitrogen and oxygen atoms in total. The summed E-state index contributed by atoms with van der Waals surface area (Å²) >= 11 is 2.88. The Labute approximate surface area is 88.3 Å². The zero-order chi connectivity index (χ0) is 10.3. The highest BCUT2D eigenvalue weighted by Crippen LogP contribution is 2.30. The number of aromatic nitrogens is 1. The summed E-state index contributed by atoms with van der Waals surface area (Å²) in [5.41, 5.74) is 1.36. The monoisotopic (exact) mass is 259 g/mol. The topological polar surface area (TPSA) is 15.8 Å². The minimum atomic E-state index is -0.584. The third kappa shape index (κ3) is 1.25. The Bertz CT molecular complexity index is 490. The molecule has 0 aliphatic carbocycles. The number of H-pyrrole nitrogens is 1. The molecular formula is C10H8BrF2N. The first kappa shape index (κ1) is 9.65. The van der Waals surface area contributed by atoms with Gasteiger partial charge in [-0.3, -0.25) is 0 Å². The van der Waals surface area contributed by atoms with Crippen molar-refractivity contribution >= 4 is 26.8 Å². The maximum absolute atomic E-state index is 13.6. The lowest BCUT2D eigenvalue weighted by molar-refractivity contribution is 0.580. The van der Waals surface area contributed by atoms with Crippen molar-refractivity contribution in [1.29, 1.82) is 0 Å². The zero-order valence-corrected chi connectivity index (χ0v) is 9.08. The van der Waals surface area contributed by atoms with Gasteiger partial charge in [0.25, 0.3) is 0 Å². The van der Waals surface area contributed by atoms with E-state index in [1.54, 1.807) is 6.20 Å². The van der Waals surface area contributed by atoms with Crippen LogP contribution in [0.1, 0.15) is 12.5 Å². The predicted molar refractivity (Wildman–Crippen MR) is 55.3 cm³/mol. The average Bonchev–Trinajstić information content (AvgIpc) is 2.57. The molecule has 0 spiro atoms. The van der Waals surface area contributed by atoms with Crippen LogP contribution in [0, 0.1) is 11.6 Å². The molecule has 2 aromatic rings. The molecule has 1 aromatic carbocycles. The molecule has 0 amide bonds. The van der Waals surface area contributed by atoms with Crippen LogP contribution >= 0.6 is 15.9 Å². The van der Waals surface area contributed by atoms with Crippen LogP contribution in [0.25, 0.3) is 10.9 Å². The molecule has 4 heteroatoms. The molecule has 14 heavy (non-hydrogen) atoms. The summed E-state index contributed by atoms with van der Waals surface area (Å²) in [6.07, 6.45) is 2.43. The molecule has 0 atom stereocenters. The van der Waals surface area contributed by atoms with Gasteiger partial charge in [0.1, 0.15) is 11.6 Å². The Balaban J connectivity index is 2.88. The Hall–Kier alpha value is -0.900. The Morgan fingerprint density at radius 3 is 2.79 bits per heavy atom. The fourth-order valence-corrected chi connectivity index (χ4v) is 1.85. The fourth-order valence-electron chi connectivity index (χ4n) is 1.54. The van der Waals surface area contributed by atoms with Gasteiger partial charge in [0.2, 0.25) is 0 Å². The van der Waals surface area contributed by atoms with Crippen molar-refractivity contribution in [2.45, 2.75) is 13.3 Å². The normalized spacial score (nSPS) is 11.1. The van der Waals surface area contributed by atoms with Gasteiger partial charge in [0.05, 0.1) is 9.99 Å². The molecule has 1 aromatic heterocycles. The van der Waals surface area contributed by atoms with Crippen LogP contribution in [-0.2, 0) is 6.42 Å². The van der Waals surface area contributed by atoms with Crippen LogP contribution in [-0.4, -0.2) is 4.98 Å². The van der Waals surface area contributed by atoms with Crippen molar-refractivity contribution in [2.24, 2.45) is 0 Å². The van der Waals surface area contributed by atoms with E-state index in [1.165, 1.54) is 6.07 Å². The number of aromatic amines is 1. The van der Waals surface area contributed by atoms with Crippen LogP contribution in [0.3, 0.4) is 0 Å². The maximum Gasteiger partial charge on any atom is 0.149 e. The minimum Gasteiger partial charge on any atom is -0.361 e. The number of benzene rings is 1. The third-order valence-corrected chi connectivity index (χ3v) is 2.99. The van der Waals surface area contributed by atoms with Gasteiger partial charge < -0.3 is 4.98 Å². The largest absolute Gasteiger partial charge is 0.361 e. The molecule has 2 rings (SSSR count). The molecule has 0 fully saturated rings. The average molecular weight is 260 g/mol. The summed E-state index contributed by atoms with van der Waals surface area (Å²) in [5, 5.41) is 0.473. The second-order valence-electron chi connectivity index (χ2n) is 3.08. The molecule has 0 aliphatic rings. The van der Waals surface area contributed by atoms with Crippen molar-refractivity contribution in [1.82, 2.24) is 4.98 Å². The SMILES string of the molecule is CCc1c[nH]c2cc(F)c(Br)c(F)c12. The van der Waals surface area contributed by atoms with E-state index < -0.39 is 11.6 Å². The van der Waals surface area contributed by atoms with Crippen LogP contribution < -0.4 is 0 Å². The van der Waals surface area contributed by atoms with Crippen molar-refractivity contribution in [2.75, 3.05) is 0 Å². The standard InChI is InChI=1S/C10H8BrF2N/c1-2-5-4-14-7-3-6(12)9(11)10(13)8(5)7/h3-4,14H,2H2,1H3. The lowest BCUT2D eigenvalue weighted by atomic mass is 10.1. The Morgan fingerprint density at radius 1 is 1.43 bits per heavy atom. The van der Waals surface area contributed by atoms with Crippen LogP contribution in [0.4, 0.5) is 8.78 Å². The van der Waals surface area contributed by atoms with E-state index in [2.05, 4.69) is 20.9 Å². The predicted octanol–water partition coefficient (Wildman–Crippen LogP) is 3.77. The molecule has 0 unspecified atom stereocenters. The van der Waals surface area contributed by atoms with Crippen LogP contribution in [0.15, 0.2) is 16.7 Å². The Morgan fingerprint density at radius 2 is 2.14 bits per heavy atom. The first-order valence-electron chi connectivity index (χ1n) is 4.28. The lowest BCUT2D eigenvalue weighted by Crippen LogP contribution is -1.87. The molecule has 0 bridgehead atoms. The number of hydrogen-bond acceptors (Lipinski definition) is 0. The van der Waals surface area contributed by atoms with E-state index in [-0.39, 0.29) is 4.47 Å². The van der Waals surface area contributed by atoms with Gasteiger partial charge in [0.15, 0.2) is 0 Å². The number of hydrogen-bond donors (Lipinski definition) is 1. The van der Waals surface area contributed by atoms with Gasteiger partial charge in [-0.25, -0.2) is 8.78 Å². The van der Waals surface area contributed by atoms with Gasteiger partial charge in [-0.05, 0) is 34.0 Å². The van der Waals surface area contributed by atoms with Gasteiger partial charge in [-0.2, -0.15) is 0 Å². The van der Waals surface area contributed by atoms with Crippen LogP contribution in [0.5, 0.6) is 0 Å². The highest BCUT2D eigenvalue weighted by Gasteiger charge is 2.14. The summed E-state index contributed by atoms with van der Waals surface area (Å²) < 4.78 is 26.7. The number of halogens is 3. The van der Waals surface area contributed by atoms with Crippen LogP contribution in [0.2, 0.25) is 0 Å². The van der Waals surface area contributed by atoms with E-state index >= 15 is 0 Å². The van der Waals surface area contributed by atoms with Gasteiger partial charge in [0, 0.05) is 11.6 Å². The van der Waals surface area contributed by atoms with Gasteiger partial charge in [-0.15, -0.1) is 0 Å². The number of rotatable bonds is 1. The number of nitrogens with one attached hydrogen (secondary N) is 1. The smallest absolute Gasteiger partial charge is 0.149 e. The van der Waals surface area contributed by atoms with Crippen molar-refractivity contribution in [3.63, 3.8) is 0 Å². The summed E-state index contributed by atoms with van der Waals surface area (Å²) in [4.78, 5) is 2.85. The van der Waals surface area contributed by atoms with Crippen molar-refractivity contribution in [3.05, 3.63) is 33.9 Å². The maximum atomic E-state index is 13.6. The summed E-state index contributed by atoms with van der Waals surface area (Å²) in [6.45, 7) is 1.93. The molecule has 1 heterocycles. The van der Waals surface area contributed by atoms with Crippen molar-refractivity contribution < 1.29 is 8.78 Å². The molecular weight excluding hydrogens is 252 g/mol. The van der Waals surface area contributed by atoms with E-state index in [0.717, 1.165) is 12.0 Å². The van der Waals surface area contributed by atoms with Gasteiger partial charge >= 0.3 is 0 Å². The molecule has 74 valence electrons. The van der Waals surface area contributed by atoms with E-state index in [9.17, 15) is 8.78 Å². The highest BCUT2D eigenvalue weighted by atomic mass is 79.9. The number of fused-ring (bicyclic) bond motifs is 1. The second kappa shape index (κ2) is 3.35.